The summed E-state index contributed by atoms with van der Waals surface area (Å²) in [4.78, 5) is 24.2. The molecule has 0 aliphatic rings. The molecular weight excluding hydrogens is 358 g/mol. The molecule has 4 aromatic rings. The van der Waals surface area contributed by atoms with Gasteiger partial charge in [0.1, 0.15) is 17.9 Å². The summed E-state index contributed by atoms with van der Waals surface area (Å²) in [5.41, 5.74) is 0.369. The molecule has 27 heavy (non-hydrogen) atoms. The third-order valence-electron chi connectivity index (χ3n) is 3.53. The zero-order valence-electron chi connectivity index (χ0n) is 13.5. The smallest absolute Gasteiger partial charge is 0.260 e. The highest BCUT2D eigenvalue weighted by Gasteiger charge is 2.17. The normalized spacial score (nSPS) is 10.7. The van der Waals surface area contributed by atoms with Gasteiger partial charge in [-0.25, -0.2) is 18.9 Å². The molecule has 0 fully saturated rings. The van der Waals surface area contributed by atoms with E-state index in [4.69, 9.17) is 4.74 Å². The number of rotatable bonds is 4. The molecule has 0 saturated carbocycles. The van der Waals surface area contributed by atoms with Crippen molar-refractivity contribution in [2.24, 2.45) is 0 Å². The van der Waals surface area contributed by atoms with Gasteiger partial charge >= 0.3 is 0 Å². The fraction of sp³-hybridized carbons (Fsp3) is 0. The van der Waals surface area contributed by atoms with Crippen molar-refractivity contribution in [2.45, 2.75) is 0 Å². The molecule has 1 N–H and O–H groups in total. The number of hydrogen-bond acceptors (Lipinski definition) is 6. The fourth-order valence-electron chi connectivity index (χ4n) is 2.34. The maximum atomic E-state index is 13.8. The maximum Gasteiger partial charge on any atom is 0.260 e. The number of nitrogens with zero attached hydrogens (tertiary/aromatic N) is 5. The first kappa shape index (κ1) is 16.5. The van der Waals surface area contributed by atoms with Crippen molar-refractivity contribution in [2.75, 3.05) is 5.32 Å². The fourth-order valence-corrected chi connectivity index (χ4v) is 2.34. The predicted molar refractivity (Wildman–Crippen MR) is 89.4 cm³/mol. The molecule has 10 heteroatoms. The number of amides is 1. The van der Waals surface area contributed by atoms with E-state index in [0.29, 0.717) is 5.82 Å². The Hall–Kier alpha value is -3.95. The third-order valence-corrected chi connectivity index (χ3v) is 3.53. The third kappa shape index (κ3) is 3.27. The minimum atomic E-state index is -1.19. The van der Waals surface area contributed by atoms with Crippen molar-refractivity contribution in [3.05, 3.63) is 72.6 Å². The number of ether oxygens (including phenoxy) is 1. The second-order valence-corrected chi connectivity index (χ2v) is 5.32. The van der Waals surface area contributed by atoms with E-state index in [-0.39, 0.29) is 17.0 Å². The van der Waals surface area contributed by atoms with Gasteiger partial charge in [0, 0.05) is 6.20 Å². The van der Waals surface area contributed by atoms with Gasteiger partial charge in [0.05, 0.1) is 24.2 Å². The minimum absolute atomic E-state index is 0.0467. The average molecular weight is 368 g/mol. The number of nitrogens with one attached hydrogen (secondary N) is 1. The molecule has 1 amide bonds. The van der Waals surface area contributed by atoms with Gasteiger partial charge in [-0.1, -0.05) is 6.07 Å². The summed E-state index contributed by atoms with van der Waals surface area (Å²) in [6, 6.07) is 6.39. The van der Waals surface area contributed by atoms with E-state index in [1.165, 1.54) is 29.3 Å². The van der Waals surface area contributed by atoms with Crippen LogP contribution >= 0.6 is 0 Å². The Kier molecular flexibility index (Phi) is 4.13. The van der Waals surface area contributed by atoms with Crippen LogP contribution in [0.4, 0.5) is 14.6 Å². The summed E-state index contributed by atoms with van der Waals surface area (Å²) in [6.07, 6.45) is 5.92. The van der Waals surface area contributed by atoms with Gasteiger partial charge in [-0.3, -0.25) is 9.78 Å². The van der Waals surface area contributed by atoms with Crippen LogP contribution < -0.4 is 10.1 Å². The van der Waals surface area contributed by atoms with Crippen LogP contribution in [0.1, 0.15) is 10.4 Å². The average Bonchev–Trinajstić information content (AvgIpc) is 3.14. The second kappa shape index (κ2) is 6.75. The lowest BCUT2D eigenvalue weighted by Gasteiger charge is -2.10. The van der Waals surface area contributed by atoms with Crippen LogP contribution in [0.15, 0.2) is 55.4 Å². The molecule has 0 aliphatic carbocycles. The van der Waals surface area contributed by atoms with Crippen LogP contribution in [0.3, 0.4) is 0 Å². The Morgan fingerprint density at radius 3 is 2.89 bits per heavy atom. The zero-order valence-corrected chi connectivity index (χ0v) is 13.5. The van der Waals surface area contributed by atoms with Crippen LogP contribution in [-0.4, -0.2) is 30.5 Å². The Morgan fingerprint density at radius 1 is 1.19 bits per heavy atom. The highest BCUT2D eigenvalue weighted by Crippen LogP contribution is 2.26. The quantitative estimate of drug-likeness (QED) is 0.595. The van der Waals surface area contributed by atoms with E-state index in [1.54, 1.807) is 18.2 Å². The van der Waals surface area contributed by atoms with Crippen molar-refractivity contribution in [3.8, 4) is 11.5 Å². The van der Waals surface area contributed by atoms with Crippen molar-refractivity contribution >= 4 is 17.4 Å². The van der Waals surface area contributed by atoms with Gasteiger partial charge < -0.3 is 10.1 Å². The van der Waals surface area contributed by atoms with Gasteiger partial charge in [0.15, 0.2) is 17.2 Å². The molecule has 0 saturated heterocycles. The van der Waals surface area contributed by atoms with E-state index in [9.17, 15) is 13.6 Å². The molecule has 0 atom stereocenters. The molecule has 8 nitrogen and oxygen atoms in total. The van der Waals surface area contributed by atoms with Gasteiger partial charge in [0.25, 0.3) is 5.91 Å². The van der Waals surface area contributed by atoms with Crippen molar-refractivity contribution in [3.63, 3.8) is 0 Å². The second-order valence-electron chi connectivity index (χ2n) is 5.32. The first-order valence-electron chi connectivity index (χ1n) is 7.64. The zero-order chi connectivity index (χ0) is 18.8. The van der Waals surface area contributed by atoms with Crippen molar-refractivity contribution in [1.82, 2.24) is 24.6 Å². The lowest BCUT2D eigenvalue weighted by Crippen LogP contribution is -2.14. The molecule has 4 aromatic heterocycles. The molecule has 0 bridgehead atoms. The van der Waals surface area contributed by atoms with Gasteiger partial charge in [-0.15, -0.1) is 0 Å². The SMILES string of the molecule is O=C(Nc1ccccn1)c1cc(Oc2cncc(F)c2F)cn2ncnc12. The predicted octanol–water partition coefficient (Wildman–Crippen LogP) is 2.84. The molecule has 0 aliphatic heterocycles. The number of pyridine rings is 3. The van der Waals surface area contributed by atoms with E-state index in [0.717, 1.165) is 12.4 Å². The maximum absolute atomic E-state index is 13.8. The highest BCUT2D eigenvalue weighted by atomic mass is 19.2. The number of fused-ring (bicyclic) bond motifs is 1. The summed E-state index contributed by atoms with van der Waals surface area (Å²) >= 11 is 0. The number of anilines is 1. The van der Waals surface area contributed by atoms with Crippen LogP contribution in [0.2, 0.25) is 0 Å². The molecule has 0 unspecified atom stereocenters. The summed E-state index contributed by atoms with van der Waals surface area (Å²) in [5.74, 6) is -2.90. The highest BCUT2D eigenvalue weighted by molar-refractivity contribution is 6.08. The molecule has 0 spiro atoms. The van der Waals surface area contributed by atoms with E-state index in [1.807, 2.05) is 0 Å². The minimum Gasteiger partial charge on any atom is -0.451 e. The summed E-state index contributed by atoms with van der Waals surface area (Å²) in [7, 11) is 0. The summed E-state index contributed by atoms with van der Waals surface area (Å²) in [6.45, 7) is 0. The molecule has 134 valence electrons. The Labute approximate surface area is 150 Å². The molecule has 4 heterocycles. The van der Waals surface area contributed by atoms with Gasteiger partial charge in [-0.2, -0.15) is 9.49 Å². The largest absolute Gasteiger partial charge is 0.451 e. The van der Waals surface area contributed by atoms with Crippen LogP contribution in [0, 0.1) is 11.6 Å². The van der Waals surface area contributed by atoms with Gasteiger partial charge in [-0.05, 0) is 18.2 Å². The first-order valence-corrected chi connectivity index (χ1v) is 7.64. The molecule has 4 rings (SSSR count). The lowest BCUT2D eigenvalue weighted by atomic mass is 10.2. The Balaban J connectivity index is 1.71. The monoisotopic (exact) mass is 368 g/mol. The van der Waals surface area contributed by atoms with Crippen LogP contribution in [0.25, 0.3) is 5.65 Å². The van der Waals surface area contributed by atoms with E-state index in [2.05, 4.69) is 25.4 Å². The lowest BCUT2D eigenvalue weighted by molar-refractivity contribution is 0.102. The number of hydrogen-bond donors (Lipinski definition) is 1. The number of carbonyl (C=O) groups is 1. The number of aromatic nitrogens is 5. The first-order chi connectivity index (χ1) is 13.1. The van der Waals surface area contributed by atoms with Gasteiger partial charge in [0.2, 0.25) is 5.82 Å². The number of carbonyl (C=O) groups excluding carboxylic acids is 1. The standard InChI is InChI=1S/C17H10F2N6O2/c18-12-6-20-7-13(15(12)19)27-10-5-11(16-22-9-23-25(16)8-10)17(26)24-14-3-1-2-4-21-14/h1-9H,(H,21,24,26). The summed E-state index contributed by atoms with van der Waals surface area (Å²) < 4.78 is 33.8. The Bertz CT molecular complexity index is 1130. The van der Waals surface area contributed by atoms with Crippen molar-refractivity contribution < 1.29 is 18.3 Å². The topological polar surface area (TPSA) is 94.3 Å². The summed E-state index contributed by atoms with van der Waals surface area (Å²) in [5, 5.41) is 6.58. The van der Waals surface area contributed by atoms with Crippen LogP contribution in [-0.2, 0) is 0 Å². The van der Waals surface area contributed by atoms with Crippen LogP contribution in [0.5, 0.6) is 11.5 Å². The molecule has 0 aromatic carbocycles. The van der Waals surface area contributed by atoms with Crippen molar-refractivity contribution in [1.29, 1.82) is 0 Å². The Morgan fingerprint density at radius 2 is 2.07 bits per heavy atom. The van der Waals surface area contributed by atoms with E-state index < -0.39 is 23.3 Å². The number of halogens is 2. The van der Waals surface area contributed by atoms with E-state index >= 15 is 0 Å². The molecule has 0 radical (unpaired) electrons. The molecular formula is C17H10F2N6O2.